The molecule has 0 saturated heterocycles. The van der Waals surface area contributed by atoms with Gasteiger partial charge in [0.05, 0.1) is 22.8 Å². The highest BCUT2D eigenvalue weighted by atomic mass is 16.6. The summed E-state index contributed by atoms with van der Waals surface area (Å²) in [5.74, 6) is 1.60. The summed E-state index contributed by atoms with van der Waals surface area (Å²) < 4.78 is 13.2. The molecule has 0 radical (unpaired) electrons. The van der Waals surface area contributed by atoms with Gasteiger partial charge in [-0.3, -0.25) is 4.79 Å². The number of rotatable bonds is 4. The quantitative estimate of drug-likeness (QED) is 0.517. The van der Waals surface area contributed by atoms with E-state index < -0.39 is 0 Å². The maximum absolute atomic E-state index is 13.2. The van der Waals surface area contributed by atoms with Crippen molar-refractivity contribution in [1.29, 1.82) is 0 Å². The molecule has 8 heteroatoms. The van der Waals surface area contributed by atoms with E-state index in [-0.39, 0.29) is 11.9 Å². The molecule has 3 aromatic heterocycles. The Morgan fingerprint density at radius 1 is 1.06 bits per heavy atom. The van der Waals surface area contributed by atoms with E-state index in [1.165, 1.54) is 0 Å². The summed E-state index contributed by atoms with van der Waals surface area (Å²) >= 11 is 0. The number of anilines is 1. The molecule has 4 heterocycles. The van der Waals surface area contributed by atoms with Gasteiger partial charge in [-0.1, -0.05) is 6.07 Å². The minimum absolute atomic E-state index is 0.0881. The summed E-state index contributed by atoms with van der Waals surface area (Å²) in [7, 11) is 0. The Labute approximate surface area is 185 Å². The van der Waals surface area contributed by atoms with Crippen molar-refractivity contribution in [2.45, 2.75) is 26.8 Å². The van der Waals surface area contributed by atoms with Crippen molar-refractivity contribution in [2.24, 2.45) is 0 Å². The smallest absolute Gasteiger partial charge is 0.257 e. The Bertz CT molecular complexity index is 1310. The van der Waals surface area contributed by atoms with E-state index in [2.05, 4.69) is 15.4 Å². The average Bonchev–Trinajstić information content (AvgIpc) is 3.24. The maximum atomic E-state index is 13.2. The summed E-state index contributed by atoms with van der Waals surface area (Å²) in [5.41, 5.74) is 3.63. The highest BCUT2D eigenvalue weighted by Gasteiger charge is 2.20. The molecule has 162 valence electrons. The number of nitrogens with zero attached hydrogens (tertiary/aromatic N) is 4. The predicted octanol–water partition coefficient (Wildman–Crippen LogP) is 4.41. The molecular formula is C24H23N5O3. The largest absolute Gasteiger partial charge is 0.486 e. The highest BCUT2D eigenvalue weighted by Crippen LogP contribution is 2.35. The molecule has 32 heavy (non-hydrogen) atoms. The molecule has 0 unspecified atom stereocenters. The first kappa shape index (κ1) is 20.0. The number of nitrogens with one attached hydrogen (secondary N) is 1. The van der Waals surface area contributed by atoms with E-state index in [9.17, 15) is 4.79 Å². The molecule has 4 aromatic rings. The number of hydrogen-bond acceptors (Lipinski definition) is 6. The zero-order valence-corrected chi connectivity index (χ0v) is 18.1. The molecular weight excluding hydrogens is 406 g/mol. The number of benzene rings is 1. The molecule has 1 aromatic carbocycles. The van der Waals surface area contributed by atoms with Crippen LogP contribution in [0.1, 0.15) is 35.8 Å². The van der Waals surface area contributed by atoms with E-state index in [0.29, 0.717) is 52.8 Å². The lowest BCUT2D eigenvalue weighted by molar-refractivity contribution is 0.102. The molecule has 1 aliphatic rings. The second-order valence-electron chi connectivity index (χ2n) is 8.01. The van der Waals surface area contributed by atoms with Crippen LogP contribution in [0.25, 0.3) is 22.3 Å². The second-order valence-corrected chi connectivity index (χ2v) is 8.01. The van der Waals surface area contributed by atoms with E-state index in [4.69, 9.17) is 14.5 Å². The fraction of sp³-hybridized carbons (Fsp3) is 0.250. The van der Waals surface area contributed by atoms with Crippen LogP contribution < -0.4 is 14.8 Å². The lowest BCUT2D eigenvalue weighted by atomic mass is 10.1. The zero-order valence-electron chi connectivity index (χ0n) is 18.1. The molecule has 0 fully saturated rings. The molecule has 1 amide bonds. The third kappa shape index (κ3) is 3.64. The van der Waals surface area contributed by atoms with Crippen LogP contribution in [0.3, 0.4) is 0 Å². The Balaban J connectivity index is 1.62. The van der Waals surface area contributed by atoms with Crippen molar-refractivity contribution >= 4 is 22.8 Å². The molecule has 1 aliphatic heterocycles. The second kappa shape index (κ2) is 7.96. The number of aromatic nitrogens is 4. The van der Waals surface area contributed by atoms with Gasteiger partial charge in [0.15, 0.2) is 17.1 Å². The third-order valence-corrected chi connectivity index (χ3v) is 5.29. The summed E-state index contributed by atoms with van der Waals surface area (Å²) in [6.45, 7) is 7.04. The van der Waals surface area contributed by atoms with Gasteiger partial charge in [-0.25, -0.2) is 14.6 Å². The molecule has 0 saturated carbocycles. The zero-order chi connectivity index (χ0) is 22.2. The van der Waals surface area contributed by atoms with E-state index in [1.807, 2.05) is 49.7 Å². The summed E-state index contributed by atoms with van der Waals surface area (Å²) in [6.07, 6.45) is 3.41. The fourth-order valence-electron chi connectivity index (χ4n) is 3.66. The van der Waals surface area contributed by atoms with Gasteiger partial charge in [0.2, 0.25) is 0 Å². The van der Waals surface area contributed by atoms with Gasteiger partial charge in [0.1, 0.15) is 19.0 Å². The summed E-state index contributed by atoms with van der Waals surface area (Å²) in [6, 6.07) is 11.2. The number of ether oxygens (including phenoxy) is 2. The Kier molecular flexibility index (Phi) is 4.97. The monoisotopic (exact) mass is 429 g/mol. The number of pyridine rings is 2. The van der Waals surface area contributed by atoms with Crippen LogP contribution in [0.15, 0.2) is 48.8 Å². The highest BCUT2D eigenvalue weighted by molar-refractivity contribution is 6.12. The molecule has 0 bridgehead atoms. The fourth-order valence-corrected chi connectivity index (χ4v) is 3.66. The number of hydrogen-bond donors (Lipinski definition) is 1. The van der Waals surface area contributed by atoms with Crippen LogP contribution in [0.5, 0.6) is 11.5 Å². The molecule has 0 aliphatic carbocycles. The van der Waals surface area contributed by atoms with Crippen LogP contribution in [-0.2, 0) is 0 Å². The molecule has 0 atom stereocenters. The number of carbonyl (C=O) groups excluding carboxylic acids is 1. The lowest BCUT2D eigenvalue weighted by Gasteiger charge is -2.19. The summed E-state index contributed by atoms with van der Waals surface area (Å²) in [5, 5.41) is 8.05. The van der Waals surface area contributed by atoms with E-state index in [0.717, 1.165) is 11.1 Å². The van der Waals surface area contributed by atoms with Crippen LogP contribution in [-0.4, -0.2) is 38.9 Å². The minimum Gasteiger partial charge on any atom is -0.486 e. The first-order valence-corrected chi connectivity index (χ1v) is 10.5. The molecule has 1 N–H and O–H groups in total. The topological polar surface area (TPSA) is 91.2 Å². The van der Waals surface area contributed by atoms with Gasteiger partial charge in [0, 0.05) is 17.8 Å². The SMILES string of the molecule is Cc1ccc(NC(=O)c2cc(-c3ccc4c(c3)OCCO4)nc3c2cnn3C(C)C)nc1. The van der Waals surface area contributed by atoms with Crippen LogP contribution >= 0.6 is 0 Å². The number of aryl methyl sites for hydroxylation is 1. The first-order valence-electron chi connectivity index (χ1n) is 10.5. The van der Waals surface area contributed by atoms with Gasteiger partial charge in [-0.15, -0.1) is 0 Å². The maximum Gasteiger partial charge on any atom is 0.257 e. The first-order chi connectivity index (χ1) is 15.5. The Morgan fingerprint density at radius 2 is 1.88 bits per heavy atom. The molecule has 0 spiro atoms. The Morgan fingerprint density at radius 3 is 2.62 bits per heavy atom. The number of fused-ring (bicyclic) bond motifs is 2. The van der Waals surface area contributed by atoms with Crippen LogP contribution in [0.2, 0.25) is 0 Å². The van der Waals surface area contributed by atoms with Crippen LogP contribution in [0, 0.1) is 6.92 Å². The van der Waals surface area contributed by atoms with Gasteiger partial charge in [0.25, 0.3) is 5.91 Å². The van der Waals surface area contributed by atoms with Crippen molar-refractivity contribution in [3.05, 3.63) is 59.9 Å². The van der Waals surface area contributed by atoms with Crippen molar-refractivity contribution in [1.82, 2.24) is 19.7 Å². The molecule has 8 nitrogen and oxygen atoms in total. The summed E-state index contributed by atoms with van der Waals surface area (Å²) in [4.78, 5) is 22.4. The Hall–Kier alpha value is -3.94. The number of amides is 1. The van der Waals surface area contributed by atoms with E-state index in [1.54, 1.807) is 24.5 Å². The van der Waals surface area contributed by atoms with Gasteiger partial charge < -0.3 is 14.8 Å². The van der Waals surface area contributed by atoms with Crippen molar-refractivity contribution in [3.63, 3.8) is 0 Å². The number of carbonyl (C=O) groups is 1. The van der Waals surface area contributed by atoms with E-state index >= 15 is 0 Å². The van der Waals surface area contributed by atoms with Gasteiger partial charge in [-0.05, 0) is 56.7 Å². The van der Waals surface area contributed by atoms with Crippen molar-refractivity contribution in [3.8, 4) is 22.8 Å². The normalized spacial score (nSPS) is 12.9. The standard InChI is InChI=1S/C24H23N5O3/c1-14(2)29-23-18(13-26-29)17(24(30)28-22-7-4-15(3)12-25-22)11-19(27-23)16-5-6-20-21(10-16)32-9-8-31-20/h4-7,10-14H,8-9H2,1-3H3,(H,25,28,30). The molecule has 5 rings (SSSR count). The van der Waals surface area contributed by atoms with Gasteiger partial charge >= 0.3 is 0 Å². The van der Waals surface area contributed by atoms with Gasteiger partial charge in [-0.2, -0.15) is 5.10 Å². The van der Waals surface area contributed by atoms with Crippen LogP contribution in [0.4, 0.5) is 5.82 Å². The van der Waals surface area contributed by atoms with Crippen molar-refractivity contribution in [2.75, 3.05) is 18.5 Å². The third-order valence-electron chi connectivity index (χ3n) is 5.29. The average molecular weight is 429 g/mol. The van der Waals surface area contributed by atoms with Crippen molar-refractivity contribution < 1.29 is 14.3 Å². The minimum atomic E-state index is -0.268. The predicted molar refractivity (Wildman–Crippen MR) is 121 cm³/mol. The lowest BCUT2D eigenvalue weighted by Crippen LogP contribution is -2.15.